The van der Waals surface area contributed by atoms with Gasteiger partial charge in [-0.05, 0) is 52.5 Å². The first-order chi connectivity index (χ1) is 11.8. The monoisotopic (exact) mass is 343 g/mol. The molecule has 7 heteroatoms. The quantitative estimate of drug-likeness (QED) is 0.855. The summed E-state index contributed by atoms with van der Waals surface area (Å²) in [4.78, 5) is 19.3. The van der Waals surface area contributed by atoms with Crippen molar-refractivity contribution in [1.29, 1.82) is 0 Å². The number of nitrogens with zero attached hydrogens (tertiary/aromatic N) is 5. The molecule has 25 heavy (non-hydrogen) atoms. The van der Waals surface area contributed by atoms with E-state index in [2.05, 4.69) is 36.0 Å². The molecule has 1 atom stereocenters. The summed E-state index contributed by atoms with van der Waals surface area (Å²) in [5.41, 5.74) is 1.58. The SMILES string of the molecule is Cc1nc([C@@H]2CCCN2C(=O)c2cc(C3CC3)n(C(C)(C)C)n2)no1. The van der Waals surface area contributed by atoms with Crippen LogP contribution in [0.1, 0.15) is 86.3 Å². The largest absolute Gasteiger partial charge is 0.340 e. The van der Waals surface area contributed by atoms with E-state index >= 15 is 0 Å². The molecule has 1 saturated heterocycles. The molecule has 134 valence electrons. The van der Waals surface area contributed by atoms with Crippen LogP contribution in [0.25, 0.3) is 0 Å². The van der Waals surface area contributed by atoms with E-state index in [9.17, 15) is 4.79 Å². The zero-order valence-electron chi connectivity index (χ0n) is 15.3. The molecule has 1 amide bonds. The third-order valence-corrected chi connectivity index (χ3v) is 4.94. The molecule has 0 aromatic carbocycles. The second-order valence-electron chi connectivity index (χ2n) is 8.14. The maximum absolute atomic E-state index is 13.1. The molecule has 0 N–H and O–H groups in total. The van der Waals surface area contributed by atoms with Crippen LogP contribution in [-0.2, 0) is 5.54 Å². The van der Waals surface area contributed by atoms with Crippen LogP contribution in [0.15, 0.2) is 10.6 Å². The number of hydrogen-bond donors (Lipinski definition) is 0. The Kier molecular flexibility index (Phi) is 3.70. The van der Waals surface area contributed by atoms with Crippen LogP contribution in [0.4, 0.5) is 0 Å². The smallest absolute Gasteiger partial charge is 0.274 e. The summed E-state index contributed by atoms with van der Waals surface area (Å²) in [5.74, 6) is 1.64. The minimum absolute atomic E-state index is 0.0325. The Labute approximate surface area is 147 Å². The zero-order valence-corrected chi connectivity index (χ0v) is 15.3. The summed E-state index contributed by atoms with van der Waals surface area (Å²) < 4.78 is 7.13. The van der Waals surface area contributed by atoms with Gasteiger partial charge in [-0.1, -0.05) is 5.16 Å². The molecule has 2 aromatic heterocycles. The fraction of sp³-hybridized carbons (Fsp3) is 0.667. The highest BCUT2D eigenvalue weighted by Gasteiger charge is 2.37. The van der Waals surface area contributed by atoms with Crippen molar-refractivity contribution < 1.29 is 9.32 Å². The zero-order chi connectivity index (χ0) is 17.8. The van der Waals surface area contributed by atoms with Crippen LogP contribution in [0.5, 0.6) is 0 Å². The van der Waals surface area contributed by atoms with Gasteiger partial charge in [0.1, 0.15) is 0 Å². The van der Waals surface area contributed by atoms with Crippen molar-refractivity contribution in [2.24, 2.45) is 0 Å². The third kappa shape index (κ3) is 2.96. The Morgan fingerprint density at radius 2 is 2.04 bits per heavy atom. The maximum atomic E-state index is 13.1. The van der Waals surface area contributed by atoms with Gasteiger partial charge in [0.05, 0.1) is 11.6 Å². The van der Waals surface area contributed by atoms with Gasteiger partial charge < -0.3 is 9.42 Å². The molecule has 0 radical (unpaired) electrons. The molecule has 0 unspecified atom stereocenters. The van der Waals surface area contributed by atoms with Gasteiger partial charge in [0.15, 0.2) is 11.5 Å². The summed E-state index contributed by atoms with van der Waals surface area (Å²) >= 11 is 0. The normalized spacial score (nSPS) is 21.1. The van der Waals surface area contributed by atoms with Crippen molar-refractivity contribution in [3.63, 3.8) is 0 Å². The molecule has 1 aliphatic heterocycles. The molecule has 0 spiro atoms. The average molecular weight is 343 g/mol. The molecule has 0 bridgehead atoms. The molecule has 4 rings (SSSR count). The van der Waals surface area contributed by atoms with E-state index in [0.29, 0.717) is 29.9 Å². The molecule has 1 saturated carbocycles. The van der Waals surface area contributed by atoms with E-state index in [4.69, 9.17) is 4.52 Å². The molecule has 2 aromatic rings. The Morgan fingerprint density at radius 1 is 1.28 bits per heavy atom. The van der Waals surface area contributed by atoms with Crippen LogP contribution < -0.4 is 0 Å². The van der Waals surface area contributed by atoms with Gasteiger partial charge in [0.2, 0.25) is 5.89 Å². The first-order valence-corrected chi connectivity index (χ1v) is 9.06. The van der Waals surface area contributed by atoms with Gasteiger partial charge in [0, 0.05) is 25.1 Å². The van der Waals surface area contributed by atoms with Gasteiger partial charge in [-0.15, -0.1) is 0 Å². The van der Waals surface area contributed by atoms with E-state index in [1.54, 1.807) is 6.92 Å². The number of rotatable bonds is 3. The Bertz CT molecular complexity index is 797. The van der Waals surface area contributed by atoms with Crippen LogP contribution in [0, 0.1) is 6.92 Å². The fourth-order valence-corrected chi connectivity index (χ4v) is 3.58. The fourth-order valence-electron chi connectivity index (χ4n) is 3.58. The highest BCUT2D eigenvalue weighted by Crippen LogP contribution is 2.42. The Hall–Kier alpha value is -2.18. The second-order valence-corrected chi connectivity index (χ2v) is 8.14. The van der Waals surface area contributed by atoms with E-state index in [-0.39, 0.29) is 17.5 Å². The molecular weight excluding hydrogens is 318 g/mol. The van der Waals surface area contributed by atoms with E-state index < -0.39 is 0 Å². The van der Waals surface area contributed by atoms with Gasteiger partial charge in [-0.3, -0.25) is 9.48 Å². The minimum atomic E-state index is -0.133. The third-order valence-electron chi connectivity index (χ3n) is 4.94. The predicted octanol–water partition coefficient (Wildman–Crippen LogP) is 3.18. The average Bonchev–Trinajstić information content (AvgIpc) is 2.99. The first-order valence-electron chi connectivity index (χ1n) is 9.06. The molecular formula is C18H25N5O2. The highest BCUT2D eigenvalue weighted by atomic mass is 16.5. The Morgan fingerprint density at radius 3 is 2.64 bits per heavy atom. The molecule has 7 nitrogen and oxygen atoms in total. The van der Waals surface area contributed by atoms with Crippen LogP contribution in [-0.4, -0.2) is 37.3 Å². The number of likely N-dealkylation sites (tertiary alicyclic amines) is 1. The van der Waals surface area contributed by atoms with Crippen molar-refractivity contribution in [1.82, 2.24) is 24.8 Å². The number of aromatic nitrogens is 4. The lowest BCUT2D eigenvalue weighted by molar-refractivity contribution is 0.0720. The predicted molar refractivity (Wildman–Crippen MR) is 91.2 cm³/mol. The Balaban J connectivity index is 1.64. The van der Waals surface area contributed by atoms with Crippen molar-refractivity contribution in [2.45, 2.75) is 70.9 Å². The van der Waals surface area contributed by atoms with Gasteiger partial charge in [0.25, 0.3) is 5.91 Å². The molecule has 3 heterocycles. The second kappa shape index (κ2) is 5.68. The number of carbonyl (C=O) groups excluding carboxylic acids is 1. The highest BCUT2D eigenvalue weighted by molar-refractivity contribution is 5.93. The minimum Gasteiger partial charge on any atom is -0.340 e. The van der Waals surface area contributed by atoms with Crippen LogP contribution >= 0.6 is 0 Å². The van der Waals surface area contributed by atoms with Crippen molar-refractivity contribution in [3.8, 4) is 0 Å². The number of amides is 1. The topological polar surface area (TPSA) is 77.1 Å². The molecule has 2 aliphatic rings. The van der Waals surface area contributed by atoms with E-state index in [1.165, 1.54) is 18.5 Å². The van der Waals surface area contributed by atoms with Crippen LogP contribution in [0.3, 0.4) is 0 Å². The summed E-state index contributed by atoms with van der Waals surface area (Å²) in [6, 6.07) is 1.87. The maximum Gasteiger partial charge on any atom is 0.274 e. The first kappa shape index (κ1) is 16.3. The molecule has 2 fully saturated rings. The summed E-state index contributed by atoms with van der Waals surface area (Å²) in [6.07, 6.45) is 4.17. The van der Waals surface area contributed by atoms with Crippen molar-refractivity contribution in [3.05, 3.63) is 29.2 Å². The number of carbonyl (C=O) groups is 1. The van der Waals surface area contributed by atoms with E-state index in [0.717, 1.165) is 12.8 Å². The number of aryl methyl sites for hydroxylation is 1. The van der Waals surface area contributed by atoms with Gasteiger partial charge in [-0.2, -0.15) is 10.1 Å². The standard InChI is InChI=1S/C18H25N5O2/c1-11-19-16(21-25-11)14-6-5-9-22(14)17(24)13-10-15(12-7-8-12)23(20-13)18(2,3)4/h10,12,14H,5-9H2,1-4H3/t14-/m0/s1. The van der Waals surface area contributed by atoms with Gasteiger partial charge >= 0.3 is 0 Å². The summed E-state index contributed by atoms with van der Waals surface area (Å²) in [5, 5.41) is 8.70. The summed E-state index contributed by atoms with van der Waals surface area (Å²) in [7, 11) is 0. The number of hydrogen-bond acceptors (Lipinski definition) is 5. The lowest BCUT2D eigenvalue weighted by Gasteiger charge is -2.23. The molecule has 1 aliphatic carbocycles. The van der Waals surface area contributed by atoms with Crippen LogP contribution in [0.2, 0.25) is 0 Å². The lowest BCUT2D eigenvalue weighted by atomic mass is 10.1. The van der Waals surface area contributed by atoms with E-state index in [1.807, 2.05) is 15.6 Å². The van der Waals surface area contributed by atoms with Crippen molar-refractivity contribution >= 4 is 5.91 Å². The summed E-state index contributed by atoms with van der Waals surface area (Å²) in [6.45, 7) is 8.85. The van der Waals surface area contributed by atoms with Crippen molar-refractivity contribution in [2.75, 3.05) is 6.54 Å². The van der Waals surface area contributed by atoms with Gasteiger partial charge in [-0.25, -0.2) is 0 Å². The lowest BCUT2D eigenvalue weighted by Crippen LogP contribution is -2.32.